The van der Waals surface area contributed by atoms with E-state index in [1.165, 1.54) is 0 Å². The third-order valence-corrected chi connectivity index (χ3v) is 3.44. The van der Waals surface area contributed by atoms with Gasteiger partial charge in [-0.25, -0.2) is 4.98 Å². The zero-order chi connectivity index (χ0) is 13.8. The number of nitrogens with one attached hydrogen (secondary N) is 1. The molecule has 2 unspecified atom stereocenters. The van der Waals surface area contributed by atoms with E-state index in [2.05, 4.69) is 15.3 Å². The number of anilines is 1. The molecule has 1 aliphatic carbocycles. The highest BCUT2D eigenvalue weighted by Gasteiger charge is 2.31. The van der Waals surface area contributed by atoms with Crippen molar-refractivity contribution in [3.05, 3.63) is 11.8 Å². The van der Waals surface area contributed by atoms with Crippen LogP contribution in [-0.4, -0.2) is 34.2 Å². The first-order valence-electron chi connectivity index (χ1n) is 6.49. The van der Waals surface area contributed by atoms with Crippen LogP contribution in [0.25, 0.3) is 0 Å². The standard InChI is InChI=1S/C13H19N3O3/c1-8-7-11(19-2)16-13(14-8)15-10-6-4-3-5-9(10)12(17)18/h7,9-10H,3-6H2,1-2H3,(H,17,18)(H,14,15,16). The smallest absolute Gasteiger partial charge is 0.308 e. The molecule has 2 rings (SSSR count). The predicted octanol–water partition coefficient (Wildman–Crippen LogP) is 1.85. The van der Waals surface area contributed by atoms with Crippen LogP contribution in [0.3, 0.4) is 0 Å². The summed E-state index contributed by atoms with van der Waals surface area (Å²) in [5.74, 6) is -0.201. The minimum absolute atomic E-state index is 0.113. The van der Waals surface area contributed by atoms with E-state index >= 15 is 0 Å². The Morgan fingerprint density at radius 1 is 1.42 bits per heavy atom. The van der Waals surface area contributed by atoms with Crippen molar-refractivity contribution in [3.63, 3.8) is 0 Å². The maximum absolute atomic E-state index is 11.2. The molecular weight excluding hydrogens is 246 g/mol. The van der Waals surface area contributed by atoms with Crippen LogP contribution in [0, 0.1) is 12.8 Å². The molecular formula is C13H19N3O3. The maximum atomic E-state index is 11.2. The molecule has 1 fully saturated rings. The second-order valence-corrected chi connectivity index (χ2v) is 4.86. The van der Waals surface area contributed by atoms with Gasteiger partial charge in [0.1, 0.15) is 0 Å². The molecule has 6 heteroatoms. The lowest BCUT2D eigenvalue weighted by atomic mass is 9.84. The van der Waals surface area contributed by atoms with E-state index in [0.29, 0.717) is 18.2 Å². The van der Waals surface area contributed by atoms with Gasteiger partial charge in [0.15, 0.2) is 0 Å². The lowest BCUT2D eigenvalue weighted by Crippen LogP contribution is -2.37. The molecule has 6 nitrogen and oxygen atoms in total. The van der Waals surface area contributed by atoms with Crippen LogP contribution < -0.4 is 10.1 Å². The lowest BCUT2D eigenvalue weighted by Gasteiger charge is -2.29. The number of aromatic nitrogens is 2. The minimum atomic E-state index is -0.753. The van der Waals surface area contributed by atoms with Crippen LogP contribution in [0.5, 0.6) is 5.88 Å². The average Bonchev–Trinajstić information content (AvgIpc) is 2.38. The van der Waals surface area contributed by atoms with Gasteiger partial charge < -0.3 is 15.2 Å². The molecule has 2 N–H and O–H groups in total. The first kappa shape index (κ1) is 13.6. The van der Waals surface area contributed by atoms with E-state index in [-0.39, 0.29) is 12.0 Å². The van der Waals surface area contributed by atoms with Crippen molar-refractivity contribution in [3.8, 4) is 5.88 Å². The number of carboxylic acids is 1. The van der Waals surface area contributed by atoms with Crippen LogP contribution in [0.1, 0.15) is 31.4 Å². The van der Waals surface area contributed by atoms with Crippen molar-refractivity contribution in [1.82, 2.24) is 9.97 Å². The van der Waals surface area contributed by atoms with Crippen LogP contribution in [-0.2, 0) is 4.79 Å². The van der Waals surface area contributed by atoms with Crippen LogP contribution >= 0.6 is 0 Å². The number of carbonyl (C=O) groups is 1. The quantitative estimate of drug-likeness (QED) is 0.864. The van der Waals surface area contributed by atoms with Gasteiger partial charge in [-0.1, -0.05) is 12.8 Å². The maximum Gasteiger partial charge on any atom is 0.308 e. The highest BCUT2D eigenvalue weighted by Crippen LogP contribution is 2.27. The molecule has 1 aromatic rings. The third-order valence-electron chi connectivity index (χ3n) is 3.44. The second-order valence-electron chi connectivity index (χ2n) is 4.86. The van der Waals surface area contributed by atoms with Crippen molar-refractivity contribution in [2.24, 2.45) is 5.92 Å². The molecule has 19 heavy (non-hydrogen) atoms. The number of nitrogens with zero attached hydrogens (tertiary/aromatic N) is 2. The molecule has 0 aromatic carbocycles. The molecule has 0 aliphatic heterocycles. The van der Waals surface area contributed by atoms with Crippen molar-refractivity contribution in [1.29, 1.82) is 0 Å². The number of aliphatic carboxylic acids is 1. The Morgan fingerprint density at radius 3 is 2.84 bits per heavy atom. The van der Waals surface area contributed by atoms with Crippen LogP contribution in [0.2, 0.25) is 0 Å². The van der Waals surface area contributed by atoms with Crippen molar-refractivity contribution in [2.75, 3.05) is 12.4 Å². The molecule has 1 aromatic heterocycles. The highest BCUT2D eigenvalue weighted by atomic mass is 16.5. The molecule has 0 spiro atoms. The van der Waals surface area contributed by atoms with Crippen molar-refractivity contribution >= 4 is 11.9 Å². The number of carboxylic acid groups (broad SMARTS) is 1. The molecule has 1 saturated carbocycles. The molecule has 104 valence electrons. The molecule has 0 bridgehead atoms. The van der Waals surface area contributed by atoms with Gasteiger partial charge in [-0.05, 0) is 19.8 Å². The summed E-state index contributed by atoms with van der Waals surface area (Å²) in [6.07, 6.45) is 3.53. The largest absolute Gasteiger partial charge is 0.481 e. The van der Waals surface area contributed by atoms with E-state index in [1.54, 1.807) is 13.2 Å². The summed E-state index contributed by atoms with van der Waals surface area (Å²) in [7, 11) is 1.55. The number of methoxy groups -OCH3 is 1. The van der Waals surface area contributed by atoms with Gasteiger partial charge in [0.25, 0.3) is 0 Å². The fourth-order valence-corrected chi connectivity index (χ4v) is 2.47. The van der Waals surface area contributed by atoms with Crippen LogP contribution in [0.15, 0.2) is 6.07 Å². The van der Waals surface area contributed by atoms with E-state index in [9.17, 15) is 9.90 Å². The monoisotopic (exact) mass is 265 g/mol. The summed E-state index contributed by atoms with van der Waals surface area (Å²) >= 11 is 0. The fraction of sp³-hybridized carbons (Fsp3) is 0.615. The molecule has 1 aliphatic rings. The second kappa shape index (κ2) is 5.86. The Balaban J connectivity index is 2.14. The minimum Gasteiger partial charge on any atom is -0.481 e. The van der Waals surface area contributed by atoms with E-state index < -0.39 is 5.97 Å². The molecule has 2 atom stereocenters. The summed E-state index contributed by atoms with van der Waals surface area (Å²) in [6, 6.07) is 1.62. The van der Waals surface area contributed by atoms with Crippen LogP contribution in [0.4, 0.5) is 5.95 Å². The predicted molar refractivity (Wildman–Crippen MR) is 70.3 cm³/mol. The Hall–Kier alpha value is -1.85. The van der Waals surface area contributed by atoms with E-state index in [4.69, 9.17) is 4.74 Å². The van der Waals surface area contributed by atoms with Gasteiger partial charge in [-0.15, -0.1) is 0 Å². The summed E-state index contributed by atoms with van der Waals surface area (Å²) in [4.78, 5) is 19.7. The third kappa shape index (κ3) is 3.33. The number of ether oxygens (including phenoxy) is 1. The Morgan fingerprint density at radius 2 is 2.16 bits per heavy atom. The summed E-state index contributed by atoms with van der Waals surface area (Å²) < 4.78 is 5.09. The number of hydrogen-bond donors (Lipinski definition) is 2. The summed E-state index contributed by atoms with van der Waals surface area (Å²) in [5, 5.41) is 12.4. The van der Waals surface area contributed by atoms with Gasteiger partial charge in [0.05, 0.1) is 13.0 Å². The molecule has 0 amide bonds. The zero-order valence-electron chi connectivity index (χ0n) is 11.2. The normalized spacial score (nSPS) is 22.8. The highest BCUT2D eigenvalue weighted by molar-refractivity contribution is 5.71. The average molecular weight is 265 g/mol. The molecule has 0 saturated heterocycles. The lowest BCUT2D eigenvalue weighted by molar-refractivity contribution is -0.143. The molecule has 1 heterocycles. The van der Waals surface area contributed by atoms with E-state index in [1.807, 2.05) is 6.92 Å². The fourth-order valence-electron chi connectivity index (χ4n) is 2.47. The van der Waals surface area contributed by atoms with Gasteiger partial charge in [-0.3, -0.25) is 4.79 Å². The number of aryl methyl sites for hydroxylation is 1. The summed E-state index contributed by atoms with van der Waals surface area (Å²) in [5.41, 5.74) is 0.789. The first-order valence-corrected chi connectivity index (χ1v) is 6.49. The SMILES string of the molecule is COc1cc(C)nc(NC2CCCCC2C(=O)O)n1. The number of hydrogen-bond acceptors (Lipinski definition) is 5. The van der Waals surface area contributed by atoms with Gasteiger partial charge in [0, 0.05) is 17.8 Å². The van der Waals surface area contributed by atoms with Gasteiger partial charge in [-0.2, -0.15) is 4.98 Å². The van der Waals surface area contributed by atoms with Gasteiger partial charge >= 0.3 is 5.97 Å². The Bertz CT molecular complexity index is 464. The van der Waals surface area contributed by atoms with Gasteiger partial charge in [0.2, 0.25) is 11.8 Å². The van der Waals surface area contributed by atoms with E-state index in [0.717, 1.165) is 25.0 Å². The Kier molecular flexibility index (Phi) is 4.19. The van der Waals surface area contributed by atoms with Crippen molar-refractivity contribution < 1.29 is 14.6 Å². The summed E-state index contributed by atoms with van der Waals surface area (Å²) in [6.45, 7) is 1.85. The zero-order valence-corrected chi connectivity index (χ0v) is 11.2. The first-order chi connectivity index (χ1) is 9.10. The number of rotatable bonds is 4. The topological polar surface area (TPSA) is 84.3 Å². The molecule has 0 radical (unpaired) electrons. The Labute approximate surface area is 112 Å². The van der Waals surface area contributed by atoms with Crippen molar-refractivity contribution in [2.45, 2.75) is 38.6 Å².